The van der Waals surface area contributed by atoms with Crippen LogP contribution < -0.4 is 10.6 Å². The van der Waals surface area contributed by atoms with E-state index in [1.165, 1.54) is 0 Å². The predicted molar refractivity (Wildman–Crippen MR) is 125 cm³/mol. The Morgan fingerprint density at radius 3 is 2.91 bits per heavy atom. The van der Waals surface area contributed by atoms with Crippen molar-refractivity contribution in [3.63, 3.8) is 0 Å². The number of rotatable bonds is 4. The van der Waals surface area contributed by atoms with E-state index < -0.39 is 5.60 Å². The fourth-order valence-electron chi connectivity index (χ4n) is 4.25. The molecule has 2 bridgehead atoms. The standard InChI is InChI=1S/C22H27N7O2S/c1-12-9-17(28-27-12)24-18-16-7-8-32-19(16)26-20(25-18)23-13-10-14-5-6-15(11-13)29(14)21(30)31-22(2,3)4/h5,7-9,13,15H,6,10-11H2,1-4H3,(H3,23,24,25,26,27,28)/t13-,15+/m1/s1. The zero-order valence-corrected chi connectivity index (χ0v) is 19.4. The summed E-state index contributed by atoms with van der Waals surface area (Å²) in [6.07, 6.45) is 4.27. The van der Waals surface area contributed by atoms with Gasteiger partial charge in [-0.15, -0.1) is 11.3 Å². The van der Waals surface area contributed by atoms with Crippen molar-refractivity contribution in [2.75, 3.05) is 10.6 Å². The van der Waals surface area contributed by atoms with Gasteiger partial charge in [0, 0.05) is 36.0 Å². The molecule has 2 aliphatic heterocycles. The van der Waals surface area contributed by atoms with Gasteiger partial charge in [-0.3, -0.25) is 10.00 Å². The van der Waals surface area contributed by atoms with E-state index in [0.29, 0.717) is 11.8 Å². The number of carbonyl (C=O) groups excluding carboxylic acids is 1. The second-order valence-electron chi connectivity index (χ2n) is 9.31. The number of H-pyrrole nitrogens is 1. The van der Waals surface area contributed by atoms with Gasteiger partial charge in [-0.1, -0.05) is 6.08 Å². The molecule has 0 spiro atoms. The number of hydrogen-bond acceptors (Lipinski definition) is 8. The number of aromatic amines is 1. The highest BCUT2D eigenvalue weighted by Crippen LogP contribution is 2.37. The molecule has 1 amide bonds. The number of nitrogens with one attached hydrogen (secondary N) is 3. The van der Waals surface area contributed by atoms with Crippen LogP contribution in [0.4, 0.5) is 22.4 Å². The minimum Gasteiger partial charge on any atom is -0.443 e. The lowest BCUT2D eigenvalue weighted by Gasteiger charge is -2.37. The third-order valence-electron chi connectivity index (χ3n) is 5.51. The first kappa shape index (κ1) is 20.7. The number of carbonyl (C=O) groups is 1. The molecule has 0 radical (unpaired) electrons. The van der Waals surface area contributed by atoms with E-state index in [0.717, 1.165) is 46.7 Å². The van der Waals surface area contributed by atoms with Gasteiger partial charge >= 0.3 is 6.09 Å². The fourth-order valence-corrected chi connectivity index (χ4v) is 5.01. The predicted octanol–water partition coefficient (Wildman–Crippen LogP) is 4.93. The monoisotopic (exact) mass is 453 g/mol. The summed E-state index contributed by atoms with van der Waals surface area (Å²) in [7, 11) is 0. The largest absolute Gasteiger partial charge is 0.443 e. The summed E-state index contributed by atoms with van der Waals surface area (Å²) in [5, 5.41) is 17.0. The third kappa shape index (κ3) is 4.14. The van der Waals surface area contributed by atoms with E-state index in [1.807, 2.05) is 50.1 Å². The molecule has 3 aromatic heterocycles. The van der Waals surface area contributed by atoms with E-state index in [9.17, 15) is 4.79 Å². The van der Waals surface area contributed by atoms with E-state index >= 15 is 0 Å². The highest BCUT2D eigenvalue weighted by Gasteiger charge is 2.40. The molecule has 10 heteroatoms. The number of thiophene rings is 1. The number of anilines is 3. The van der Waals surface area contributed by atoms with Crippen LogP contribution in [0.15, 0.2) is 29.3 Å². The smallest absolute Gasteiger partial charge is 0.414 e. The normalized spacial score (nSPS) is 20.4. The van der Waals surface area contributed by atoms with Crippen LogP contribution in [0, 0.1) is 6.92 Å². The van der Waals surface area contributed by atoms with Crippen LogP contribution in [0.3, 0.4) is 0 Å². The summed E-state index contributed by atoms with van der Waals surface area (Å²) in [6, 6.07) is 4.19. The Morgan fingerprint density at radius 2 is 2.19 bits per heavy atom. The lowest BCUT2D eigenvalue weighted by Crippen LogP contribution is -2.46. The molecule has 2 aliphatic rings. The Kier molecular flexibility index (Phi) is 5.04. The van der Waals surface area contributed by atoms with Crippen LogP contribution in [-0.4, -0.2) is 48.8 Å². The molecular weight excluding hydrogens is 426 g/mol. The van der Waals surface area contributed by atoms with Crippen molar-refractivity contribution in [1.82, 2.24) is 25.1 Å². The molecule has 1 saturated heterocycles. The Balaban J connectivity index is 1.33. The van der Waals surface area contributed by atoms with Gasteiger partial charge in [0.05, 0.1) is 5.39 Å². The highest BCUT2D eigenvalue weighted by molar-refractivity contribution is 7.16. The van der Waals surface area contributed by atoms with Crippen molar-refractivity contribution in [2.45, 2.75) is 64.6 Å². The quantitative estimate of drug-likeness (QED) is 0.514. The molecule has 1 fully saturated rings. The van der Waals surface area contributed by atoms with E-state index in [-0.39, 0.29) is 18.2 Å². The molecule has 32 heavy (non-hydrogen) atoms. The number of piperidine rings is 1. The molecule has 9 nitrogen and oxygen atoms in total. The molecular formula is C22H27N7O2S. The molecule has 5 heterocycles. The summed E-state index contributed by atoms with van der Waals surface area (Å²) in [6.45, 7) is 7.63. The second kappa shape index (κ2) is 7.77. The Hall–Kier alpha value is -3.14. The zero-order valence-electron chi connectivity index (χ0n) is 18.6. The lowest BCUT2D eigenvalue weighted by molar-refractivity contribution is 0.0220. The molecule has 0 saturated carbocycles. The molecule has 5 rings (SSSR count). The van der Waals surface area contributed by atoms with Crippen LogP contribution >= 0.6 is 11.3 Å². The SMILES string of the molecule is Cc1cc(Nc2nc(N[C@@H]3CC4=CC[C@@H](C3)N4C(=O)OC(C)(C)C)nc3sccc23)n[nH]1. The topological polar surface area (TPSA) is 108 Å². The van der Waals surface area contributed by atoms with Gasteiger partial charge in [0.1, 0.15) is 16.2 Å². The van der Waals surface area contributed by atoms with E-state index in [1.54, 1.807) is 11.3 Å². The van der Waals surface area contributed by atoms with Crippen molar-refractivity contribution in [1.29, 1.82) is 0 Å². The summed E-state index contributed by atoms with van der Waals surface area (Å²) < 4.78 is 5.61. The van der Waals surface area contributed by atoms with E-state index in [2.05, 4.69) is 26.9 Å². The minimum atomic E-state index is -0.508. The van der Waals surface area contributed by atoms with Crippen LogP contribution in [0.1, 0.15) is 45.7 Å². The van der Waals surface area contributed by atoms with Gasteiger partial charge in [0.2, 0.25) is 5.95 Å². The Bertz CT molecular complexity index is 1190. The van der Waals surface area contributed by atoms with Gasteiger partial charge < -0.3 is 15.4 Å². The van der Waals surface area contributed by atoms with Gasteiger partial charge in [-0.05, 0) is 52.0 Å². The van der Waals surface area contributed by atoms with Crippen molar-refractivity contribution < 1.29 is 9.53 Å². The van der Waals surface area contributed by atoms with Crippen LogP contribution in [0.5, 0.6) is 0 Å². The molecule has 3 aromatic rings. The molecule has 2 atom stereocenters. The number of ether oxygens (including phenoxy) is 1. The number of hydrogen-bond donors (Lipinski definition) is 3. The maximum absolute atomic E-state index is 12.7. The third-order valence-corrected chi connectivity index (χ3v) is 6.32. The first-order valence-corrected chi connectivity index (χ1v) is 11.7. The van der Waals surface area contributed by atoms with Crippen LogP contribution in [0.2, 0.25) is 0 Å². The lowest BCUT2D eigenvalue weighted by atomic mass is 9.99. The number of aromatic nitrogens is 4. The van der Waals surface area contributed by atoms with Crippen molar-refractivity contribution >= 4 is 45.2 Å². The number of aryl methyl sites for hydroxylation is 1. The maximum Gasteiger partial charge on any atom is 0.414 e. The molecule has 0 unspecified atom stereocenters. The maximum atomic E-state index is 12.7. The number of nitrogens with zero attached hydrogens (tertiary/aromatic N) is 4. The highest BCUT2D eigenvalue weighted by atomic mass is 32.1. The molecule has 3 N–H and O–H groups in total. The Morgan fingerprint density at radius 1 is 1.34 bits per heavy atom. The summed E-state index contributed by atoms with van der Waals surface area (Å²) in [5.74, 6) is 2.01. The molecule has 168 valence electrons. The van der Waals surface area contributed by atoms with Gasteiger partial charge in [0.15, 0.2) is 5.82 Å². The minimum absolute atomic E-state index is 0.0983. The van der Waals surface area contributed by atoms with Gasteiger partial charge in [0.25, 0.3) is 0 Å². The second-order valence-corrected chi connectivity index (χ2v) is 10.2. The molecule has 0 aliphatic carbocycles. The first-order chi connectivity index (χ1) is 15.2. The average Bonchev–Trinajstić information content (AvgIpc) is 3.39. The fraction of sp³-hybridized carbons (Fsp3) is 0.455. The molecule has 0 aromatic carbocycles. The van der Waals surface area contributed by atoms with Gasteiger partial charge in [-0.2, -0.15) is 10.1 Å². The van der Waals surface area contributed by atoms with Crippen molar-refractivity contribution in [3.8, 4) is 0 Å². The van der Waals surface area contributed by atoms with Gasteiger partial charge in [-0.25, -0.2) is 9.78 Å². The number of amides is 1. The van der Waals surface area contributed by atoms with Crippen LogP contribution in [0.25, 0.3) is 10.2 Å². The first-order valence-electron chi connectivity index (χ1n) is 10.8. The summed E-state index contributed by atoms with van der Waals surface area (Å²) in [4.78, 5) is 24.9. The number of fused-ring (bicyclic) bond motifs is 3. The van der Waals surface area contributed by atoms with E-state index in [4.69, 9.17) is 14.7 Å². The van der Waals surface area contributed by atoms with Crippen molar-refractivity contribution in [2.24, 2.45) is 0 Å². The van der Waals surface area contributed by atoms with Crippen molar-refractivity contribution in [3.05, 3.63) is 35.0 Å². The summed E-state index contributed by atoms with van der Waals surface area (Å²) in [5.41, 5.74) is 1.48. The zero-order chi connectivity index (χ0) is 22.5. The average molecular weight is 454 g/mol. The summed E-state index contributed by atoms with van der Waals surface area (Å²) >= 11 is 1.58. The van der Waals surface area contributed by atoms with Crippen LogP contribution in [-0.2, 0) is 4.74 Å². The Labute approximate surface area is 190 Å².